The molecule has 0 N–H and O–H groups in total. The van der Waals surface area contributed by atoms with E-state index in [9.17, 15) is 26.7 Å². The van der Waals surface area contributed by atoms with Crippen LogP contribution in [-0.2, 0) is 12.8 Å². The summed E-state index contributed by atoms with van der Waals surface area (Å²) in [4.78, 5) is 24.5. The molecule has 4 aliphatic rings. The number of aromatic nitrogens is 2. The van der Waals surface area contributed by atoms with Gasteiger partial charge in [0.15, 0.2) is 12.4 Å². The second-order valence-corrected chi connectivity index (χ2v) is 12.2. The molecule has 11 heteroatoms. The quantitative estimate of drug-likeness (QED) is 0.250. The molecule has 2 bridgehead atoms. The maximum Gasteiger partial charge on any atom is 0.422 e. The summed E-state index contributed by atoms with van der Waals surface area (Å²) in [5.41, 5.74) is 0.662. The summed E-state index contributed by atoms with van der Waals surface area (Å²) in [6, 6.07) is 3.01. The van der Waals surface area contributed by atoms with Gasteiger partial charge >= 0.3 is 6.18 Å². The second-order valence-electron chi connectivity index (χ2n) is 11.2. The van der Waals surface area contributed by atoms with Gasteiger partial charge in [0.25, 0.3) is 11.6 Å². The summed E-state index contributed by atoms with van der Waals surface area (Å²) in [7, 11) is 0. The molecule has 0 atom stereocenters. The van der Waals surface area contributed by atoms with Crippen LogP contribution in [0.4, 0.5) is 22.0 Å². The topological polar surface area (TPSA) is 55.3 Å². The fraction of sp³-hybridized carbons (Fsp3) is 0.667. The first kappa shape index (κ1) is 27.4. The molecule has 5 nitrogen and oxygen atoms in total. The van der Waals surface area contributed by atoms with E-state index < -0.39 is 24.9 Å². The molecule has 3 heterocycles. The summed E-state index contributed by atoms with van der Waals surface area (Å²) in [6.07, 6.45) is 3.03. The van der Waals surface area contributed by atoms with Gasteiger partial charge in [0, 0.05) is 42.6 Å². The van der Waals surface area contributed by atoms with Gasteiger partial charge in [-0.1, -0.05) is 11.3 Å². The first-order chi connectivity index (χ1) is 18.1. The SMILES string of the molecule is O=C(CC12CCC(CCN3CCc4nc(OCC(F)(F)F)sc4CC3)(CC1)CC2)c1cccnc1C(F)F. The number of hydrogen-bond donors (Lipinski definition) is 0. The molecule has 1 aliphatic heterocycles. The second kappa shape index (κ2) is 10.8. The Hall–Kier alpha value is -2.14. The van der Waals surface area contributed by atoms with E-state index in [2.05, 4.69) is 14.9 Å². The minimum Gasteiger partial charge on any atom is -0.460 e. The van der Waals surface area contributed by atoms with Crippen LogP contribution in [0.2, 0.25) is 0 Å². The van der Waals surface area contributed by atoms with Crippen LogP contribution >= 0.6 is 11.3 Å². The van der Waals surface area contributed by atoms with E-state index in [1.807, 2.05) is 0 Å². The number of pyridine rings is 1. The van der Waals surface area contributed by atoms with Gasteiger partial charge in [-0.15, -0.1) is 0 Å². The number of ketones is 1. The van der Waals surface area contributed by atoms with Crippen LogP contribution in [-0.4, -0.2) is 53.1 Å². The number of thiazole rings is 1. The van der Waals surface area contributed by atoms with E-state index in [1.165, 1.54) is 23.6 Å². The molecule has 0 radical (unpaired) electrons. The molecule has 2 aromatic rings. The molecule has 3 saturated carbocycles. The Kier molecular flexibility index (Phi) is 7.79. The van der Waals surface area contributed by atoms with Crippen molar-refractivity contribution < 1.29 is 31.5 Å². The van der Waals surface area contributed by atoms with E-state index in [-0.39, 0.29) is 27.4 Å². The maximum absolute atomic E-state index is 13.3. The first-order valence-corrected chi connectivity index (χ1v) is 14.0. The molecule has 0 saturated heterocycles. The van der Waals surface area contributed by atoms with Gasteiger partial charge < -0.3 is 9.64 Å². The highest BCUT2D eigenvalue weighted by atomic mass is 32.1. The van der Waals surface area contributed by atoms with Gasteiger partial charge in [-0.25, -0.2) is 13.8 Å². The van der Waals surface area contributed by atoms with Crippen molar-refractivity contribution in [1.29, 1.82) is 0 Å². The lowest BCUT2D eigenvalue weighted by Crippen LogP contribution is -2.44. The minimum atomic E-state index is -4.37. The molecule has 0 unspecified atom stereocenters. The van der Waals surface area contributed by atoms with Crippen molar-refractivity contribution in [2.45, 2.75) is 76.8 Å². The predicted octanol–water partition coefficient (Wildman–Crippen LogP) is 6.82. The molecule has 208 valence electrons. The van der Waals surface area contributed by atoms with Crippen LogP contribution < -0.4 is 4.74 Å². The van der Waals surface area contributed by atoms with Crippen molar-refractivity contribution >= 4 is 17.1 Å². The van der Waals surface area contributed by atoms with Crippen molar-refractivity contribution in [2.24, 2.45) is 10.8 Å². The van der Waals surface area contributed by atoms with Gasteiger partial charge in [0.1, 0.15) is 5.69 Å². The monoisotopic (exact) mass is 557 g/mol. The van der Waals surface area contributed by atoms with Gasteiger partial charge in [-0.3, -0.25) is 9.78 Å². The zero-order valence-electron chi connectivity index (χ0n) is 21.2. The van der Waals surface area contributed by atoms with E-state index >= 15 is 0 Å². The molecule has 6 rings (SSSR count). The summed E-state index contributed by atoms with van der Waals surface area (Å²) in [6.45, 7) is 1.32. The van der Waals surface area contributed by atoms with Gasteiger partial charge in [-0.2, -0.15) is 13.2 Å². The highest BCUT2D eigenvalue weighted by Gasteiger charge is 2.49. The Labute approximate surface area is 222 Å². The lowest BCUT2D eigenvalue weighted by Gasteiger charge is -2.54. The first-order valence-electron chi connectivity index (χ1n) is 13.2. The predicted molar refractivity (Wildman–Crippen MR) is 133 cm³/mol. The van der Waals surface area contributed by atoms with Gasteiger partial charge in [0.2, 0.25) is 0 Å². The normalized spacial score (nSPS) is 25.8. The number of halogens is 5. The van der Waals surface area contributed by atoms with Gasteiger partial charge in [-0.05, 0) is 80.9 Å². The van der Waals surface area contributed by atoms with Crippen LogP contribution in [0.15, 0.2) is 18.3 Å². The molecule has 38 heavy (non-hydrogen) atoms. The third-order valence-corrected chi connectivity index (χ3v) is 9.90. The molecule has 0 aromatic carbocycles. The van der Waals surface area contributed by atoms with Crippen molar-refractivity contribution in [2.75, 3.05) is 26.2 Å². The number of carbonyl (C=O) groups excluding carboxylic acids is 1. The largest absolute Gasteiger partial charge is 0.460 e. The van der Waals surface area contributed by atoms with Crippen LogP contribution in [0.25, 0.3) is 0 Å². The van der Waals surface area contributed by atoms with E-state index in [0.29, 0.717) is 12.8 Å². The summed E-state index contributed by atoms with van der Waals surface area (Å²) >= 11 is 1.22. The summed E-state index contributed by atoms with van der Waals surface area (Å²) in [5, 5.41) is 0.0972. The standard InChI is InChI=1S/C27H32F5N3O2S/c28-23(29)22-18(2-1-12-33-22)20(36)16-26-8-5-25(6-9-26,7-10-26)11-15-35-13-3-19-21(4-14-35)38-24(34-19)37-17-27(30,31)32/h1-2,12,23H,3-11,13-17H2. The number of nitrogens with zero attached hydrogens (tertiary/aromatic N) is 3. The Morgan fingerprint density at radius 1 is 1.08 bits per heavy atom. The average Bonchev–Trinajstić information content (AvgIpc) is 3.20. The lowest BCUT2D eigenvalue weighted by atomic mass is 9.51. The smallest absolute Gasteiger partial charge is 0.422 e. The molecular formula is C27H32F5N3O2S. The number of alkyl halides is 5. The molecule has 3 aliphatic carbocycles. The number of Topliss-reactive ketones (excluding diaryl/α,β-unsaturated/α-hetero) is 1. The Morgan fingerprint density at radius 3 is 2.45 bits per heavy atom. The van der Waals surface area contributed by atoms with E-state index in [0.717, 1.165) is 81.6 Å². The van der Waals surface area contributed by atoms with Crippen molar-refractivity contribution in [3.63, 3.8) is 0 Å². The zero-order valence-corrected chi connectivity index (χ0v) is 22.0. The average molecular weight is 558 g/mol. The Balaban J connectivity index is 1.11. The number of ether oxygens (including phenoxy) is 1. The maximum atomic E-state index is 13.3. The number of carbonyl (C=O) groups is 1. The highest BCUT2D eigenvalue weighted by Crippen LogP contribution is 2.60. The molecule has 2 aromatic heterocycles. The number of rotatable bonds is 9. The van der Waals surface area contributed by atoms with Crippen LogP contribution in [0.5, 0.6) is 5.19 Å². The minimum absolute atomic E-state index is 0.0579. The Bertz CT molecular complexity index is 1100. The highest BCUT2D eigenvalue weighted by molar-refractivity contribution is 7.13. The third kappa shape index (κ3) is 6.19. The molecule has 3 fully saturated rings. The zero-order chi connectivity index (χ0) is 27.0. The molecular weight excluding hydrogens is 525 g/mol. The number of hydrogen-bond acceptors (Lipinski definition) is 6. The van der Waals surface area contributed by atoms with Crippen molar-refractivity contribution in [1.82, 2.24) is 14.9 Å². The fourth-order valence-electron chi connectivity index (χ4n) is 6.45. The van der Waals surface area contributed by atoms with Crippen LogP contribution in [0, 0.1) is 10.8 Å². The third-order valence-electron chi connectivity index (χ3n) is 8.83. The molecule has 0 amide bonds. The summed E-state index contributed by atoms with van der Waals surface area (Å²) < 4.78 is 68.8. The van der Waals surface area contributed by atoms with Crippen LogP contribution in [0.3, 0.4) is 0 Å². The van der Waals surface area contributed by atoms with Gasteiger partial charge in [0.05, 0.1) is 5.69 Å². The van der Waals surface area contributed by atoms with Crippen molar-refractivity contribution in [3.05, 3.63) is 40.2 Å². The number of fused-ring (bicyclic) bond motifs is 4. The van der Waals surface area contributed by atoms with Crippen LogP contribution in [0.1, 0.15) is 84.4 Å². The van der Waals surface area contributed by atoms with Crippen molar-refractivity contribution in [3.8, 4) is 5.19 Å². The van der Waals surface area contributed by atoms with E-state index in [1.54, 1.807) is 6.07 Å². The van der Waals surface area contributed by atoms with E-state index in [4.69, 9.17) is 4.74 Å². The molecule has 0 spiro atoms. The Morgan fingerprint density at radius 2 is 1.76 bits per heavy atom. The fourth-order valence-corrected chi connectivity index (χ4v) is 7.40. The summed E-state index contributed by atoms with van der Waals surface area (Å²) in [5.74, 6) is -0.222. The lowest BCUT2D eigenvalue weighted by molar-refractivity contribution is -0.153.